The normalized spacial score (nSPS) is 19.9. The molecule has 0 spiro atoms. The molecule has 1 amide bonds. The van der Waals surface area contributed by atoms with Gasteiger partial charge in [-0.15, -0.1) is 0 Å². The number of hydrazine groups is 1. The average Bonchev–Trinajstić information content (AvgIpc) is 3.58. The maximum absolute atomic E-state index is 14.1. The summed E-state index contributed by atoms with van der Waals surface area (Å²) in [7, 11) is 8.61. The number of pyridine rings is 1. The zero-order valence-electron chi connectivity index (χ0n) is 23.8. The van der Waals surface area contributed by atoms with Crippen molar-refractivity contribution in [3.05, 3.63) is 53.3 Å². The number of nitrogens with one attached hydrogen (secondary N) is 2. The summed E-state index contributed by atoms with van der Waals surface area (Å²) in [6, 6.07) is 10.3. The number of benzene rings is 2. The molecule has 40 heavy (non-hydrogen) atoms. The number of hydrogen-bond acceptors (Lipinski definition) is 8. The maximum Gasteiger partial charge on any atom is 0.241 e. The molecular formula is C30H38FN5O4. The molecule has 0 bridgehead atoms. The number of aromatic nitrogens is 1. The third-order valence-corrected chi connectivity index (χ3v) is 8.05. The minimum absolute atomic E-state index is 0.0492. The zero-order chi connectivity index (χ0) is 28.4. The summed E-state index contributed by atoms with van der Waals surface area (Å²) < 4.78 is 30.4. The Kier molecular flexibility index (Phi) is 8.27. The second kappa shape index (κ2) is 11.9. The molecule has 0 radical (unpaired) electrons. The number of amides is 1. The highest BCUT2D eigenvalue weighted by molar-refractivity contribution is 5.92. The first-order valence-corrected chi connectivity index (χ1v) is 13.7. The largest absolute Gasteiger partial charge is 0.493 e. The van der Waals surface area contributed by atoms with Crippen molar-refractivity contribution in [1.82, 2.24) is 20.7 Å². The van der Waals surface area contributed by atoms with E-state index in [1.54, 1.807) is 33.5 Å². The van der Waals surface area contributed by atoms with E-state index in [-0.39, 0.29) is 23.7 Å². The van der Waals surface area contributed by atoms with Gasteiger partial charge in [0.1, 0.15) is 17.7 Å². The van der Waals surface area contributed by atoms with Gasteiger partial charge >= 0.3 is 0 Å². The monoisotopic (exact) mass is 551 g/mol. The number of halogens is 1. The Balaban J connectivity index is 1.53. The zero-order valence-corrected chi connectivity index (χ0v) is 23.8. The average molecular weight is 552 g/mol. The Morgan fingerprint density at radius 3 is 2.45 bits per heavy atom. The summed E-state index contributed by atoms with van der Waals surface area (Å²) in [4.78, 5) is 22.9. The van der Waals surface area contributed by atoms with Crippen molar-refractivity contribution in [3.8, 4) is 17.2 Å². The highest BCUT2D eigenvalue weighted by Gasteiger charge is 2.44. The third-order valence-electron chi connectivity index (χ3n) is 8.05. The minimum atomic E-state index is -0.296. The summed E-state index contributed by atoms with van der Waals surface area (Å²) >= 11 is 0. The second-order valence-electron chi connectivity index (χ2n) is 10.7. The van der Waals surface area contributed by atoms with E-state index in [9.17, 15) is 9.18 Å². The number of fused-ring (bicyclic) bond motifs is 2. The molecule has 5 rings (SSSR count). The molecule has 2 N–H and O–H groups in total. The van der Waals surface area contributed by atoms with Crippen molar-refractivity contribution < 1.29 is 23.4 Å². The molecule has 2 aliphatic rings. The van der Waals surface area contributed by atoms with Gasteiger partial charge in [0.15, 0.2) is 11.5 Å². The molecule has 1 aliphatic heterocycles. The Hall–Kier alpha value is -3.63. The van der Waals surface area contributed by atoms with Gasteiger partial charge in [0.25, 0.3) is 0 Å². The van der Waals surface area contributed by atoms with E-state index in [1.807, 2.05) is 36.0 Å². The fraction of sp³-hybridized carbons (Fsp3) is 0.467. The van der Waals surface area contributed by atoms with Gasteiger partial charge in [-0.3, -0.25) is 10.2 Å². The van der Waals surface area contributed by atoms with Gasteiger partial charge in [0.2, 0.25) is 11.7 Å². The molecule has 3 atom stereocenters. The number of methoxy groups -OCH3 is 3. The van der Waals surface area contributed by atoms with Crippen LogP contribution in [0.25, 0.3) is 10.9 Å². The van der Waals surface area contributed by atoms with E-state index in [2.05, 4.69) is 10.9 Å². The van der Waals surface area contributed by atoms with Crippen LogP contribution in [-0.4, -0.2) is 69.8 Å². The molecule has 1 saturated heterocycles. The first-order valence-electron chi connectivity index (χ1n) is 13.7. The van der Waals surface area contributed by atoms with Crippen LogP contribution >= 0.6 is 0 Å². The van der Waals surface area contributed by atoms with Gasteiger partial charge in [-0.05, 0) is 43.0 Å². The highest BCUT2D eigenvalue weighted by atomic mass is 19.1. The van der Waals surface area contributed by atoms with E-state index >= 15 is 0 Å². The lowest BCUT2D eigenvalue weighted by molar-refractivity contribution is -0.134. The van der Waals surface area contributed by atoms with Crippen molar-refractivity contribution in [2.24, 2.45) is 5.92 Å². The lowest BCUT2D eigenvalue weighted by Crippen LogP contribution is -2.48. The quantitative estimate of drug-likeness (QED) is 0.395. The fourth-order valence-electron chi connectivity index (χ4n) is 6.03. The summed E-state index contributed by atoms with van der Waals surface area (Å²) in [5, 5.41) is 0.767. The fourth-order valence-corrected chi connectivity index (χ4v) is 6.03. The van der Waals surface area contributed by atoms with Crippen LogP contribution in [0.15, 0.2) is 36.4 Å². The molecule has 1 aromatic heterocycles. The first kappa shape index (κ1) is 27.9. The molecule has 3 aromatic rings. The number of ether oxygens (including phenoxy) is 3. The minimum Gasteiger partial charge on any atom is -0.493 e. The standard InChI is InChI=1S/C30H38FN5O4/c1-35(2)29-19(15-22-24(32-29)16-25(38-3)28(40-5)27(22)39-4)17-36(14-13-18-9-11-20(31)12-10-18)30(37)26-21-7-6-8-23(21)33-34-26/h9-12,15-16,21,23,26,33-34H,6-8,13-14,17H2,1-5H3. The lowest BCUT2D eigenvalue weighted by Gasteiger charge is -2.29. The van der Waals surface area contributed by atoms with Crippen molar-refractivity contribution in [2.45, 2.75) is 44.3 Å². The number of anilines is 1. The van der Waals surface area contributed by atoms with Crippen molar-refractivity contribution in [2.75, 3.05) is 46.9 Å². The summed E-state index contributed by atoms with van der Waals surface area (Å²) in [5.41, 5.74) is 9.16. The predicted molar refractivity (Wildman–Crippen MR) is 152 cm³/mol. The number of hydrogen-bond donors (Lipinski definition) is 2. The summed E-state index contributed by atoms with van der Waals surface area (Å²) in [5.74, 6) is 2.32. The van der Waals surface area contributed by atoms with E-state index < -0.39 is 0 Å². The summed E-state index contributed by atoms with van der Waals surface area (Å²) in [6.07, 6.45) is 3.81. The Morgan fingerprint density at radius 2 is 1.77 bits per heavy atom. The van der Waals surface area contributed by atoms with Crippen LogP contribution in [0.2, 0.25) is 0 Å². The smallest absolute Gasteiger partial charge is 0.241 e. The molecule has 2 aromatic carbocycles. The molecule has 1 aliphatic carbocycles. The number of carbonyl (C=O) groups is 1. The van der Waals surface area contributed by atoms with Gasteiger partial charge in [-0.2, -0.15) is 0 Å². The molecule has 2 fully saturated rings. The van der Waals surface area contributed by atoms with Crippen LogP contribution in [-0.2, 0) is 17.8 Å². The van der Waals surface area contributed by atoms with Gasteiger partial charge in [-0.1, -0.05) is 18.6 Å². The second-order valence-corrected chi connectivity index (χ2v) is 10.7. The van der Waals surface area contributed by atoms with Gasteiger partial charge in [0.05, 0.1) is 26.8 Å². The van der Waals surface area contributed by atoms with E-state index in [4.69, 9.17) is 19.2 Å². The highest BCUT2D eigenvalue weighted by Crippen LogP contribution is 2.44. The van der Waals surface area contributed by atoms with Crippen LogP contribution in [0, 0.1) is 11.7 Å². The molecule has 3 unspecified atom stereocenters. The van der Waals surface area contributed by atoms with Gasteiger partial charge in [-0.25, -0.2) is 14.8 Å². The maximum atomic E-state index is 14.1. The van der Waals surface area contributed by atoms with Crippen LogP contribution in [0.5, 0.6) is 17.2 Å². The first-order chi connectivity index (χ1) is 19.3. The van der Waals surface area contributed by atoms with Crippen LogP contribution in [0.4, 0.5) is 10.2 Å². The van der Waals surface area contributed by atoms with Crippen LogP contribution < -0.4 is 30.0 Å². The number of nitrogens with zero attached hydrogens (tertiary/aromatic N) is 3. The molecule has 2 heterocycles. The molecule has 214 valence electrons. The SMILES string of the molecule is COc1cc2nc(N(C)C)c(CN(CCc3ccc(F)cc3)C(=O)C3NNC4CCCC43)cc2c(OC)c1OC. The predicted octanol–water partition coefficient (Wildman–Crippen LogP) is 3.68. The Bertz CT molecular complexity index is 1370. The van der Waals surface area contributed by atoms with E-state index in [0.29, 0.717) is 48.3 Å². The van der Waals surface area contributed by atoms with E-state index in [0.717, 1.165) is 41.6 Å². The molecule has 9 nitrogen and oxygen atoms in total. The number of carbonyl (C=O) groups excluding carboxylic acids is 1. The summed E-state index contributed by atoms with van der Waals surface area (Å²) in [6.45, 7) is 0.831. The Morgan fingerprint density at radius 1 is 1.02 bits per heavy atom. The molecule has 10 heteroatoms. The van der Waals surface area contributed by atoms with Gasteiger partial charge < -0.3 is 24.0 Å². The topological polar surface area (TPSA) is 88.2 Å². The van der Waals surface area contributed by atoms with Crippen molar-refractivity contribution >= 4 is 22.6 Å². The van der Waals surface area contributed by atoms with E-state index in [1.165, 1.54) is 12.1 Å². The van der Waals surface area contributed by atoms with Gasteiger partial charge in [0, 0.05) is 56.2 Å². The van der Waals surface area contributed by atoms with Crippen molar-refractivity contribution in [3.63, 3.8) is 0 Å². The Labute approximate surface area is 234 Å². The lowest BCUT2D eigenvalue weighted by atomic mass is 9.95. The number of rotatable bonds is 10. The molecular weight excluding hydrogens is 513 g/mol. The molecule has 1 saturated carbocycles. The third kappa shape index (κ3) is 5.38. The van der Waals surface area contributed by atoms with Crippen LogP contribution in [0.1, 0.15) is 30.4 Å². The van der Waals surface area contributed by atoms with Crippen molar-refractivity contribution in [1.29, 1.82) is 0 Å². The van der Waals surface area contributed by atoms with Crippen LogP contribution in [0.3, 0.4) is 0 Å².